The molecule has 0 spiro atoms. The Hall–Kier alpha value is -3.15. The van der Waals surface area contributed by atoms with Gasteiger partial charge >= 0.3 is 0 Å². The van der Waals surface area contributed by atoms with E-state index in [-0.39, 0.29) is 0 Å². The number of nitrogen functional groups attached to an aromatic ring is 1. The van der Waals surface area contributed by atoms with Crippen LogP contribution in [0.2, 0.25) is 0 Å². The van der Waals surface area contributed by atoms with E-state index in [9.17, 15) is 0 Å². The molecule has 0 fully saturated rings. The quantitative estimate of drug-likeness (QED) is 0.772. The van der Waals surface area contributed by atoms with Gasteiger partial charge in [-0.2, -0.15) is 0 Å². The van der Waals surface area contributed by atoms with Gasteiger partial charge in [0.1, 0.15) is 17.8 Å². The van der Waals surface area contributed by atoms with E-state index in [0.29, 0.717) is 11.5 Å². The number of rotatable bonds is 3. The lowest BCUT2D eigenvalue weighted by Gasteiger charge is -2.21. The molecule has 3 aromatic rings. The smallest absolute Gasteiger partial charge is 0.161 e. The lowest BCUT2D eigenvalue weighted by atomic mass is 10.2. The standard InChI is InChI=1S/C18H18N6/c1-12-5-4-9-20-16(12)23-17-15(19)18(22-11-21-17)24-10-8-13-6-2-3-7-14(13)24/h2-7,9,11H,8,10,19H2,1H3,(H,20,21,22,23). The Balaban J connectivity index is 1.71. The van der Waals surface area contributed by atoms with Gasteiger partial charge in [0.2, 0.25) is 0 Å². The zero-order valence-corrected chi connectivity index (χ0v) is 13.4. The van der Waals surface area contributed by atoms with Gasteiger partial charge in [0, 0.05) is 18.4 Å². The number of hydrogen-bond donors (Lipinski definition) is 2. The van der Waals surface area contributed by atoms with Crippen LogP contribution < -0.4 is 16.0 Å². The highest BCUT2D eigenvalue weighted by atomic mass is 15.2. The summed E-state index contributed by atoms with van der Waals surface area (Å²) in [5, 5.41) is 3.21. The number of aryl methyl sites for hydroxylation is 1. The van der Waals surface area contributed by atoms with Gasteiger partial charge < -0.3 is 16.0 Å². The maximum Gasteiger partial charge on any atom is 0.161 e. The number of fused-ring (bicyclic) bond motifs is 1. The van der Waals surface area contributed by atoms with E-state index in [1.54, 1.807) is 6.20 Å². The van der Waals surface area contributed by atoms with E-state index < -0.39 is 0 Å². The lowest BCUT2D eigenvalue weighted by molar-refractivity contribution is 0.967. The van der Waals surface area contributed by atoms with Gasteiger partial charge in [0.25, 0.3) is 0 Å². The van der Waals surface area contributed by atoms with Crippen molar-refractivity contribution in [2.75, 3.05) is 22.5 Å². The van der Waals surface area contributed by atoms with Crippen LogP contribution in [0.4, 0.5) is 28.8 Å². The number of pyridine rings is 1. The minimum atomic E-state index is 0.527. The van der Waals surface area contributed by atoms with Crippen LogP contribution in [0, 0.1) is 6.92 Å². The second kappa shape index (κ2) is 5.81. The minimum Gasteiger partial charge on any atom is -0.393 e. The molecule has 3 N–H and O–H groups in total. The van der Waals surface area contributed by atoms with Gasteiger partial charge in [0.15, 0.2) is 11.6 Å². The molecule has 0 saturated heterocycles. The third-order valence-corrected chi connectivity index (χ3v) is 4.25. The van der Waals surface area contributed by atoms with Crippen molar-refractivity contribution in [3.63, 3.8) is 0 Å². The molecular formula is C18H18N6. The van der Waals surface area contributed by atoms with Gasteiger partial charge in [-0.05, 0) is 36.6 Å². The molecule has 120 valence electrons. The summed E-state index contributed by atoms with van der Waals surface area (Å²) in [6.07, 6.45) is 4.26. The van der Waals surface area contributed by atoms with E-state index >= 15 is 0 Å². The summed E-state index contributed by atoms with van der Waals surface area (Å²) < 4.78 is 0. The number of para-hydroxylation sites is 1. The minimum absolute atomic E-state index is 0.527. The van der Waals surface area contributed by atoms with Crippen LogP contribution in [0.1, 0.15) is 11.1 Å². The molecule has 6 nitrogen and oxygen atoms in total. The predicted octanol–water partition coefficient (Wildman–Crippen LogP) is 3.20. The van der Waals surface area contributed by atoms with Crippen molar-refractivity contribution in [2.24, 2.45) is 0 Å². The van der Waals surface area contributed by atoms with Crippen LogP contribution >= 0.6 is 0 Å². The first-order valence-corrected chi connectivity index (χ1v) is 7.88. The van der Waals surface area contributed by atoms with Crippen LogP contribution in [0.15, 0.2) is 48.9 Å². The Morgan fingerprint density at radius 1 is 1.04 bits per heavy atom. The highest BCUT2D eigenvalue weighted by molar-refractivity contribution is 5.83. The number of aromatic nitrogens is 3. The summed E-state index contributed by atoms with van der Waals surface area (Å²) in [6.45, 7) is 2.85. The second-order valence-corrected chi connectivity index (χ2v) is 5.78. The molecule has 0 unspecified atom stereocenters. The highest BCUT2D eigenvalue weighted by Crippen LogP contribution is 2.38. The van der Waals surface area contributed by atoms with Crippen LogP contribution in [0.3, 0.4) is 0 Å². The average Bonchev–Trinajstić information content (AvgIpc) is 3.03. The van der Waals surface area contributed by atoms with Crippen molar-refractivity contribution in [2.45, 2.75) is 13.3 Å². The molecule has 0 saturated carbocycles. The zero-order chi connectivity index (χ0) is 16.5. The van der Waals surface area contributed by atoms with Crippen LogP contribution in [0.5, 0.6) is 0 Å². The van der Waals surface area contributed by atoms with Gasteiger partial charge in [-0.15, -0.1) is 0 Å². The molecule has 2 aromatic heterocycles. The molecular weight excluding hydrogens is 300 g/mol. The Morgan fingerprint density at radius 3 is 2.79 bits per heavy atom. The predicted molar refractivity (Wildman–Crippen MR) is 95.9 cm³/mol. The summed E-state index contributed by atoms with van der Waals surface area (Å²) in [5.41, 5.74) is 10.4. The molecule has 1 aliphatic heterocycles. The first kappa shape index (κ1) is 14.4. The molecule has 4 rings (SSSR count). The first-order chi connectivity index (χ1) is 11.7. The molecule has 24 heavy (non-hydrogen) atoms. The maximum atomic E-state index is 6.36. The third kappa shape index (κ3) is 2.42. The second-order valence-electron chi connectivity index (χ2n) is 5.78. The molecule has 1 aliphatic rings. The highest BCUT2D eigenvalue weighted by Gasteiger charge is 2.24. The number of benzene rings is 1. The van der Waals surface area contributed by atoms with E-state index in [1.807, 2.05) is 25.1 Å². The molecule has 1 aromatic carbocycles. The molecule has 3 heterocycles. The van der Waals surface area contributed by atoms with Gasteiger partial charge in [-0.3, -0.25) is 0 Å². The Kier molecular flexibility index (Phi) is 3.49. The summed E-state index contributed by atoms with van der Waals surface area (Å²) >= 11 is 0. The fourth-order valence-corrected chi connectivity index (χ4v) is 2.99. The van der Waals surface area contributed by atoms with Gasteiger partial charge in [0.05, 0.1) is 0 Å². The Labute approximate surface area is 140 Å². The fraction of sp³-hybridized carbons (Fsp3) is 0.167. The van der Waals surface area contributed by atoms with E-state index in [0.717, 1.165) is 35.9 Å². The van der Waals surface area contributed by atoms with Crippen molar-refractivity contribution in [3.8, 4) is 0 Å². The topological polar surface area (TPSA) is 80.0 Å². The fourth-order valence-electron chi connectivity index (χ4n) is 2.99. The van der Waals surface area contributed by atoms with Gasteiger partial charge in [-0.1, -0.05) is 24.3 Å². The van der Waals surface area contributed by atoms with E-state index in [4.69, 9.17) is 5.73 Å². The monoisotopic (exact) mass is 318 g/mol. The van der Waals surface area contributed by atoms with Crippen LogP contribution in [-0.4, -0.2) is 21.5 Å². The summed E-state index contributed by atoms with van der Waals surface area (Å²) in [6, 6.07) is 12.2. The number of nitrogens with one attached hydrogen (secondary N) is 1. The SMILES string of the molecule is Cc1cccnc1Nc1ncnc(N2CCc3ccccc32)c1N. The summed E-state index contributed by atoms with van der Waals surface area (Å²) in [7, 11) is 0. The lowest BCUT2D eigenvalue weighted by Crippen LogP contribution is -2.18. The first-order valence-electron chi connectivity index (χ1n) is 7.88. The van der Waals surface area contributed by atoms with Crippen molar-refractivity contribution in [1.82, 2.24) is 15.0 Å². The maximum absolute atomic E-state index is 6.36. The van der Waals surface area contributed by atoms with Crippen LogP contribution in [0.25, 0.3) is 0 Å². The summed E-state index contributed by atoms with van der Waals surface area (Å²) in [4.78, 5) is 15.2. The van der Waals surface area contributed by atoms with Crippen molar-refractivity contribution < 1.29 is 0 Å². The van der Waals surface area contributed by atoms with Crippen LogP contribution in [-0.2, 0) is 6.42 Å². The van der Waals surface area contributed by atoms with E-state index in [1.165, 1.54) is 11.9 Å². The zero-order valence-electron chi connectivity index (χ0n) is 13.4. The third-order valence-electron chi connectivity index (χ3n) is 4.25. The number of nitrogens with two attached hydrogens (primary N) is 1. The Bertz CT molecular complexity index is 892. The molecule has 0 aliphatic carbocycles. The van der Waals surface area contributed by atoms with Crippen molar-refractivity contribution in [1.29, 1.82) is 0 Å². The van der Waals surface area contributed by atoms with Gasteiger partial charge in [-0.25, -0.2) is 15.0 Å². The number of nitrogens with zero attached hydrogens (tertiary/aromatic N) is 4. The molecule has 0 radical (unpaired) electrons. The molecule has 6 heteroatoms. The normalized spacial score (nSPS) is 13.0. The van der Waals surface area contributed by atoms with Crippen molar-refractivity contribution >= 4 is 28.8 Å². The van der Waals surface area contributed by atoms with Crippen molar-refractivity contribution in [3.05, 3.63) is 60.0 Å². The Morgan fingerprint density at radius 2 is 1.92 bits per heavy atom. The molecule has 0 atom stereocenters. The average molecular weight is 318 g/mol. The summed E-state index contributed by atoms with van der Waals surface area (Å²) in [5.74, 6) is 2.05. The number of hydrogen-bond acceptors (Lipinski definition) is 6. The largest absolute Gasteiger partial charge is 0.393 e. The molecule has 0 amide bonds. The number of anilines is 5. The van der Waals surface area contributed by atoms with E-state index in [2.05, 4.69) is 43.4 Å². The molecule has 0 bridgehead atoms.